The standard InChI is InChI=1S/C19H27N3O3/c1-25-13-14-6-2-5-9-17(14)21-19(24)18(23)20-15-10-11-22(12-15)16-7-3-4-8-16/h2,5-6,9,15-16H,3-4,7-8,10-13H2,1H3,(H,20,23)(H,21,24)/t15-/m0/s1. The molecule has 2 amide bonds. The summed E-state index contributed by atoms with van der Waals surface area (Å²) in [7, 11) is 1.60. The number of para-hydroxylation sites is 1. The highest BCUT2D eigenvalue weighted by Crippen LogP contribution is 2.26. The van der Waals surface area contributed by atoms with Gasteiger partial charge in [0.05, 0.1) is 6.61 Å². The summed E-state index contributed by atoms with van der Waals surface area (Å²) in [4.78, 5) is 26.9. The van der Waals surface area contributed by atoms with Gasteiger partial charge in [0.1, 0.15) is 0 Å². The Morgan fingerprint density at radius 1 is 1.16 bits per heavy atom. The molecule has 1 saturated heterocycles. The molecule has 1 aliphatic heterocycles. The molecule has 6 nitrogen and oxygen atoms in total. The zero-order valence-corrected chi connectivity index (χ0v) is 14.8. The predicted molar refractivity (Wildman–Crippen MR) is 96.2 cm³/mol. The van der Waals surface area contributed by atoms with Gasteiger partial charge in [-0.05, 0) is 25.3 Å². The van der Waals surface area contributed by atoms with Crippen LogP contribution < -0.4 is 10.6 Å². The third-order valence-corrected chi connectivity index (χ3v) is 5.17. The van der Waals surface area contributed by atoms with Crippen molar-refractivity contribution in [2.75, 3.05) is 25.5 Å². The molecule has 0 bridgehead atoms. The second-order valence-electron chi connectivity index (χ2n) is 6.94. The topological polar surface area (TPSA) is 70.7 Å². The second-order valence-corrected chi connectivity index (χ2v) is 6.94. The van der Waals surface area contributed by atoms with Gasteiger partial charge in [-0.3, -0.25) is 14.5 Å². The van der Waals surface area contributed by atoms with E-state index in [2.05, 4.69) is 15.5 Å². The third kappa shape index (κ3) is 4.58. The summed E-state index contributed by atoms with van der Waals surface area (Å²) < 4.78 is 5.12. The molecule has 6 heteroatoms. The molecule has 2 N–H and O–H groups in total. The number of benzene rings is 1. The summed E-state index contributed by atoms with van der Waals surface area (Å²) in [6, 6.07) is 8.07. The largest absolute Gasteiger partial charge is 0.380 e. The Kier molecular flexibility index (Phi) is 6.04. The summed E-state index contributed by atoms with van der Waals surface area (Å²) in [6.45, 7) is 2.24. The first-order valence-corrected chi connectivity index (χ1v) is 9.10. The van der Waals surface area contributed by atoms with E-state index in [0.717, 1.165) is 25.1 Å². The fourth-order valence-electron chi connectivity index (χ4n) is 3.86. The van der Waals surface area contributed by atoms with E-state index in [1.165, 1.54) is 25.7 Å². The van der Waals surface area contributed by atoms with Crippen LogP contribution in [0.4, 0.5) is 5.69 Å². The van der Waals surface area contributed by atoms with Gasteiger partial charge in [0.15, 0.2) is 0 Å². The molecule has 3 rings (SSSR count). The molecule has 0 unspecified atom stereocenters. The van der Waals surface area contributed by atoms with Crippen LogP contribution in [0.25, 0.3) is 0 Å². The lowest BCUT2D eigenvalue weighted by atomic mass is 10.2. The number of anilines is 1. The van der Waals surface area contributed by atoms with Crippen molar-refractivity contribution in [2.24, 2.45) is 0 Å². The molecular formula is C19H27N3O3. The second kappa shape index (κ2) is 8.45. The Hall–Kier alpha value is -1.92. The number of hydrogen-bond acceptors (Lipinski definition) is 4. The fraction of sp³-hybridized carbons (Fsp3) is 0.579. The van der Waals surface area contributed by atoms with Crippen molar-refractivity contribution in [3.8, 4) is 0 Å². The highest BCUT2D eigenvalue weighted by molar-refractivity contribution is 6.39. The van der Waals surface area contributed by atoms with Gasteiger partial charge in [-0.2, -0.15) is 0 Å². The average Bonchev–Trinajstić information content (AvgIpc) is 3.28. The van der Waals surface area contributed by atoms with Crippen LogP contribution >= 0.6 is 0 Å². The van der Waals surface area contributed by atoms with Crippen molar-refractivity contribution in [3.05, 3.63) is 29.8 Å². The Labute approximate surface area is 148 Å². The Morgan fingerprint density at radius 2 is 1.92 bits per heavy atom. The van der Waals surface area contributed by atoms with E-state index >= 15 is 0 Å². The predicted octanol–water partition coefficient (Wildman–Crippen LogP) is 1.90. The number of nitrogens with zero attached hydrogens (tertiary/aromatic N) is 1. The van der Waals surface area contributed by atoms with Crippen LogP contribution in [0.2, 0.25) is 0 Å². The quantitative estimate of drug-likeness (QED) is 0.800. The smallest absolute Gasteiger partial charge is 0.313 e. The fourth-order valence-corrected chi connectivity index (χ4v) is 3.86. The SMILES string of the molecule is COCc1ccccc1NC(=O)C(=O)N[C@H]1CCN(C2CCCC2)C1. The number of methoxy groups -OCH3 is 1. The molecule has 1 aliphatic carbocycles. The van der Waals surface area contributed by atoms with Gasteiger partial charge in [-0.15, -0.1) is 0 Å². The number of hydrogen-bond donors (Lipinski definition) is 2. The van der Waals surface area contributed by atoms with Gasteiger partial charge >= 0.3 is 11.8 Å². The Bertz CT molecular complexity index is 614. The maximum atomic E-state index is 12.2. The first kappa shape index (κ1) is 17.9. The summed E-state index contributed by atoms with van der Waals surface area (Å²) in [5.74, 6) is -1.19. The lowest BCUT2D eigenvalue weighted by Gasteiger charge is -2.23. The van der Waals surface area contributed by atoms with Crippen LogP contribution in [-0.4, -0.2) is 49.0 Å². The molecule has 1 heterocycles. The summed E-state index contributed by atoms with van der Waals surface area (Å²) in [6.07, 6.45) is 6.05. The van der Waals surface area contributed by atoms with E-state index in [-0.39, 0.29) is 6.04 Å². The van der Waals surface area contributed by atoms with Crippen molar-refractivity contribution in [1.29, 1.82) is 0 Å². The molecule has 2 aliphatic rings. The van der Waals surface area contributed by atoms with E-state index in [1.807, 2.05) is 18.2 Å². The lowest BCUT2D eigenvalue weighted by Crippen LogP contribution is -2.44. The van der Waals surface area contributed by atoms with E-state index in [4.69, 9.17) is 4.74 Å². The monoisotopic (exact) mass is 345 g/mol. The minimum atomic E-state index is -0.622. The van der Waals surface area contributed by atoms with Crippen molar-refractivity contribution >= 4 is 17.5 Å². The molecule has 136 valence electrons. The van der Waals surface area contributed by atoms with Crippen molar-refractivity contribution in [3.63, 3.8) is 0 Å². The molecule has 1 atom stereocenters. The van der Waals surface area contributed by atoms with Crippen LogP contribution in [-0.2, 0) is 20.9 Å². The molecule has 0 radical (unpaired) electrons. The molecule has 1 saturated carbocycles. The van der Waals surface area contributed by atoms with Gasteiger partial charge < -0.3 is 15.4 Å². The number of rotatable bonds is 5. The van der Waals surface area contributed by atoms with Crippen LogP contribution in [0.5, 0.6) is 0 Å². The maximum absolute atomic E-state index is 12.2. The zero-order chi connectivity index (χ0) is 17.6. The number of carbonyl (C=O) groups is 2. The van der Waals surface area contributed by atoms with E-state index in [0.29, 0.717) is 18.3 Å². The zero-order valence-electron chi connectivity index (χ0n) is 14.8. The van der Waals surface area contributed by atoms with Gasteiger partial charge in [0, 0.05) is 43.5 Å². The van der Waals surface area contributed by atoms with Crippen LogP contribution in [0.15, 0.2) is 24.3 Å². The summed E-state index contributed by atoms with van der Waals surface area (Å²) in [5, 5.41) is 5.57. The Morgan fingerprint density at radius 3 is 2.68 bits per heavy atom. The molecule has 1 aromatic rings. The summed E-state index contributed by atoms with van der Waals surface area (Å²) >= 11 is 0. The number of ether oxygens (including phenoxy) is 1. The lowest BCUT2D eigenvalue weighted by molar-refractivity contribution is -0.136. The number of amides is 2. The van der Waals surface area contributed by atoms with Gasteiger partial charge in [-0.25, -0.2) is 0 Å². The average molecular weight is 345 g/mol. The van der Waals surface area contributed by atoms with Gasteiger partial charge in [0.2, 0.25) is 0 Å². The molecule has 1 aromatic carbocycles. The van der Waals surface area contributed by atoms with E-state index in [1.54, 1.807) is 13.2 Å². The molecule has 0 aromatic heterocycles. The first-order chi connectivity index (χ1) is 12.2. The summed E-state index contributed by atoms with van der Waals surface area (Å²) in [5.41, 5.74) is 1.46. The highest BCUT2D eigenvalue weighted by Gasteiger charge is 2.31. The van der Waals surface area contributed by atoms with Gasteiger partial charge in [0.25, 0.3) is 0 Å². The molecule has 2 fully saturated rings. The molecule has 25 heavy (non-hydrogen) atoms. The number of nitrogens with one attached hydrogen (secondary N) is 2. The highest BCUT2D eigenvalue weighted by atomic mass is 16.5. The normalized spacial score (nSPS) is 21.4. The third-order valence-electron chi connectivity index (χ3n) is 5.17. The van der Waals surface area contributed by atoms with Crippen LogP contribution in [0.3, 0.4) is 0 Å². The van der Waals surface area contributed by atoms with Crippen molar-refractivity contribution in [1.82, 2.24) is 10.2 Å². The van der Waals surface area contributed by atoms with Crippen molar-refractivity contribution < 1.29 is 14.3 Å². The van der Waals surface area contributed by atoms with Crippen molar-refractivity contribution in [2.45, 2.75) is 50.8 Å². The van der Waals surface area contributed by atoms with E-state index in [9.17, 15) is 9.59 Å². The van der Waals surface area contributed by atoms with Gasteiger partial charge in [-0.1, -0.05) is 31.0 Å². The van der Waals surface area contributed by atoms with Crippen LogP contribution in [0, 0.1) is 0 Å². The van der Waals surface area contributed by atoms with E-state index < -0.39 is 11.8 Å². The first-order valence-electron chi connectivity index (χ1n) is 9.10. The minimum absolute atomic E-state index is 0.0630. The molecule has 0 spiro atoms. The number of likely N-dealkylation sites (tertiary alicyclic amines) is 1. The molecular weight excluding hydrogens is 318 g/mol. The number of carbonyl (C=O) groups excluding carboxylic acids is 2. The maximum Gasteiger partial charge on any atom is 0.313 e. The van der Waals surface area contributed by atoms with Crippen LogP contribution in [0.1, 0.15) is 37.7 Å². The minimum Gasteiger partial charge on any atom is -0.380 e. The Balaban J connectivity index is 1.51.